The van der Waals surface area contributed by atoms with Crippen molar-refractivity contribution in [2.75, 3.05) is 19.8 Å². The lowest BCUT2D eigenvalue weighted by molar-refractivity contribution is -0.147. The zero-order valence-electron chi connectivity index (χ0n) is 21.9. The van der Waals surface area contributed by atoms with Gasteiger partial charge in [0.15, 0.2) is 0 Å². The second-order valence-corrected chi connectivity index (χ2v) is 12.5. The molecule has 1 aliphatic carbocycles. The molecule has 7 nitrogen and oxygen atoms in total. The molecule has 2 aliphatic rings. The van der Waals surface area contributed by atoms with Gasteiger partial charge in [0.25, 0.3) is 0 Å². The molecular formula is C29H37N3O4S. The van der Waals surface area contributed by atoms with Crippen LogP contribution in [0.25, 0.3) is 22.2 Å². The van der Waals surface area contributed by atoms with E-state index in [1.165, 1.54) is 0 Å². The number of hydrogen-bond acceptors (Lipinski definition) is 4. The predicted octanol–water partition coefficient (Wildman–Crippen LogP) is 4.57. The summed E-state index contributed by atoms with van der Waals surface area (Å²) in [6.07, 6.45) is 2.73. The lowest BCUT2D eigenvalue weighted by atomic mass is 9.85. The number of fused-ring (bicyclic) bond motifs is 1. The highest BCUT2D eigenvalue weighted by Gasteiger charge is 2.36. The maximum absolute atomic E-state index is 13.3. The lowest BCUT2D eigenvalue weighted by Crippen LogP contribution is -2.53. The highest BCUT2D eigenvalue weighted by atomic mass is 32.2. The predicted molar refractivity (Wildman–Crippen MR) is 146 cm³/mol. The molecule has 2 fully saturated rings. The zero-order valence-corrected chi connectivity index (χ0v) is 22.7. The second-order valence-electron chi connectivity index (χ2n) is 10.8. The van der Waals surface area contributed by atoms with Crippen LogP contribution >= 0.6 is 0 Å². The van der Waals surface area contributed by atoms with Gasteiger partial charge in [0.2, 0.25) is 15.9 Å². The van der Waals surface area contributed by atoms with Crippen molar-refractivity contribution in [1.29, 1.82) is 0 Å². The summed E-state index contributed by atoms with van der Waals surface area (Å²) in [5.74, 6) is 0.501. The van der Waals surface area contributed by atoms with Crippen molar-refractivity contribution in [3.05, 3.63) is 54.6 Å². The molecular weight excluding hydrogens is 486 g/mol. The van der Waals surface area contributed by atoms with Gasteiger partial charge in [-0.25, -0.2) is 13.1 Å². The van der Waals surface area contributed by atoms with E-state index in [-0.39, 0.29) is 28.8 Å². The molecule has 1 saturated carbocycles. The highest BCUT2D eigenvalue weighted by Crippen LogP contribution is 2.31. The Morgan fingerprint density at radius 2 is 1.76 bits per heavy atom. The number of ether oxygens (including phenoxy) is 1. The van der Waals surface area contributed by atoms with Crippen molar-refractivity contribution in [3.8, 4) is 11.3 Å². The van der Waals surface area contributed by atoms with Crippen LogP contribution in [-0.4, -0.2) is 55.6 Å². The summed E-state index contributed by atoms with van der Waals surface area (Å²) in [6.45, 7) is 6.07. The molecule has 1 aliphatic heterocycles. The summed E-state index contributed by atoms with van der Waals surface area (Å²) in [7, 11) is -1.71. The summed E-state index contributed by atoms with van der Waals surface area (Å²) in [5.41, 5.74) is 3.01. The minimum atomic E-state index is -3.68. The molecule has 1 N–H and O–H groups in total. The Balaban J connectivity index is 1.25. The van der Waals surface area contributed by atoms with Gasteiger partial charge in [-0.1, -0.05) is 50.2 Å². The van der Waals surface area contributed by atoms with E-state index >= 15 is 0 Å². The van der Waals surface area contributed by atoms with Gasteiger partial charge in [-0.05, 0) is 55.4 Å². The first-order chi connectivity index (χ1) is 17.7. The number of benzene rings is 2. The van der Waals surface area contributed by atoms with Crippen molar-refractivity contribution in [3.63, 3.8) is 0 Å². The van der Waals surface area contributed by atoms with Crippen molar-refractivity contribution >= 4 is 26.8 Å². The average molecular weight is 524 g/mol. The number of amides is 1. The summed E-state index contributed by atoms with van der Waals surface area (Å²) in [4.78, 5) is 15.5. The van der Waals surface area contributed by atoms with E-state index < -0.39 is 10.0 Å². The molecule has 2 heterocycles. The van der Waals surface area contributed by atoms with Gasteiger partial charge in [-0.15, -0.1) is 0 Å². The Morgan fingerprint density at radius 3 is 2.46 bits per heavy atom. The molecule has 198 valence electrons. The molecule has 0 bridgehead atoms. The van der Waals surface area contributed by atoms with Gasteiger partial charge in [-0.3, -0.25) is 4.79 Å². The largest absolute Gasteiger partial charge is 0.377 e. The molecule has 0 radical (unpaired) electrons. The second kappa shape index (κ2) is 10.6. The normalized spacial score (nSPS) is 23.0. The van der Waals surface area contributed by atoms with Gasteiger partial charge in [0, 0.05) is 42.1 Å². The molecule has 1 saturated heterocycles. The van der Waals surface area contributed by atoms with Crippen molar-refractivity contribution in [2.45, 2.75) is 56.5 Å². The quantitative estimate of drug-likeness (QED) is 0.514. The number of aryl methyl sites for hydroxylation is 1. The Morgan fingerprint density at radius 1 is 1.03 bits per heavy atom. The third kappa shape index (κ3) is 5.33. The van der Waals surface area contributed by atoms with Crippen LogP contribution in [0.5, 0.6) is 0 Å². The van der Waals surface area contributed by atoms with Crippen LogP contribution < -0.4 is 4.72 Å². The topological polar surface area (TPSA) is 80.6 Å². The van der Waals surface area contributed by atoms with Gasteiger partial charge in [0.05, 0.1) is 24.2 Å². The number of carbonyl (C=O) groups excluding carboxylic acids is 1. The van der Waals surface area contributed by atoms with Gasteiger partial charge < -0.3 is 14.2 Å². The molecule has 1 aromatic heterocycles. The average Bonchev–Trinajstić information content (AvgIpc) is 3.24. The first kappa shape index (κ1) is 25.9. The minimum Gasteiger partial charge on any atom is -0.377 e. The number of aromatic nitrogens is 1. The highest BCUT2D eigenvalue weighted by molar-refractivity contribution is 7.89. The summed E-state index contributed by atoms with van der Waals surface area (Å²) in [6, 6.07) is 17.4. The molecule has 1 atom stereocenters. The minimum absolute atomic E-state index is 0.0452. The van der Waals surface area contributed by atoms with Crippen LogP contribution in [0, 0.1) is 11.8 Å². The van der Waals surface area contributed by atoms with Crippen molar-refractivity contribution < 1.29 is 17.9 Å². The van der Waals surface area contributed by atoms with E-state index in [0.717, 1.165) is 22.2 Å². The number of sulfonamides is 1. The van der Waals surface area contributed by atoms with Crippen LogP contribution in [0.3, 0.4) is 0 Å². The number of rotatable bonds is 6. The van der Waals surface area contributed by atoms with Crippen LogP contribution in [0.1, 0.15) is 39.5 Å². The van der Waals surface area contributed by atoms with E-state index in [4.69, 9.17) is 4.74 Å². The van der Waals surface area contributed by atoms with Crippen LogP contribution in [0.2, 0.25) is 0 Å². The number of hydrogen-bond donors (Lipinski definition) is 1. The molecule has 37 heavy (non-hydrogen) atoms. The Labute approximate surface area is 219 Å². The van der Waals surface area contributed by atoms with E-state index in [1.807, 2.05) is 40.8 Å². The van der Waals surface area contributed by atoms with Gasteiger partial charge >= 0.3 is 0 Å². The van der Waals surface area contributed by atoms with Gasteiger partial charge in [0.1, 0.15) is 0 Å². The van der Waals surface area contributed by atoms with Crippen LogP contribution in [-0.2, 0) is 26.6 Å². The molecule has 2 aromatic carbocycles. The fourth-order valence-electron chi connectivity index (χ4n) is 5.79. The molecule has 8 heteroatoms. The number of carbonyl (C=O) groups is 1. The Hall–Kier alpha value is -2.68. The first-order valence-electron chi connectivity index (χ1n) is 13.3. The molecule has 5 rings (SSSR count). The summed E-state index contributed by atoms with van der Waals surface area (Å²) in [5, 5.41) is 1.00. The maximum atomic E-state index is 13.3. The van der Waals surface area contributed by atoms with Crippen LogP contribution in [0.15, 0.2) is 59.5 Å². The monoisotopic (exact) mass is 523 g/mol. The Kier molecular flexibility index (Phi) is 7.43. The number of nitrogens with zero attached hydrogens (tertiary/aromatic N) is 2. The zero-order chi connectivity index (χ0) is 26.2. The Bertz CT molecular complexity index is 1360. The van der Waals surface area contributed by atoms with Crippen molar-refractivity contribution in [1.82, 2.24) is 14.2 Å². The fraction of sp³-hybridized carbons (Fsp3) is 0.483. The number of nitrogens with one attached hydrogen (secondary N) is 1. The molecule has 1 unspecified atom stereocenters. The number of morpholine rings is 1. The van der Waals surface area contributed by atoms with Crippen LogP contribution in [0.4, 0.5) is 0 Å². The lowest BCUT2D eigenvalue weighted by Gasteiger charge is -2.41. The summed E-state index contributed by atoms with van der Waals surface area (Å²) < 4.78 is 37.2. The summed E-state index contributed by atoms with van der Waals surface area (Å²) >= 11 is 0. The van der Waals surface area contributed by atoms with Gasteiger partial charge in [-0.2, -0.15) is 0 Å². The third-order valence-electron chi connectivity index (χ3n) is 8.01. The van der Waals surface area contributed by atoms with Crippen molar-refractivity contribution in [2.24, 2.45) is 18.9 Å². The molecule has 1 amide bonds. The first-order valence-corrected chi connectivity index (χ1v) is 14.8. The molecule has 3 aromatic rings. The van der Waals surface area contributed by atoms with E-state index in [2.05, 4.69) is 36.8 Å². The third-order valence-corrected chi connectivity index (χ3v) is 9.53. The van der Waals surface area contributed by atoms with E-state index in [1.54, 1.807) is 12.1 Å². The SMILES string of the molecule is CC(C)C1COCCN1C(=O)C1CCC(NS(=O)(=O)c2ccc3cc(-c4ccccc4)n(C)c3c2)CC1. The fourth-order valence-corrected chi connectivity index (χ4v) is 7.12. The van der Waals surface area contributed by atoms with E-state index in [9.17, 15) is 13.2 Å². The van der Waals surface area contributed by atoms with E-state index in [0.29, 0.717) is 51.4 Å². The standard InChI is InChI=1S/C29H37N3O4S/c1-20(2)28-19-36-16-15-32(28)29(33)22-9-12-24(13-10-22)30-37(34,35)25-14-11-23-17-26(31(3)27(23)18-25)21-7-5-4-6-8-21/h4-8,11,14,17-18,20,22,24,28,30H,9-10,12-13,15-16,19H2,1-3H3. The maximum Gasteiger partial charge on any atom is 0.240 e. The smallest absolute Gasteiger partial charge is 0.240 e. The molecule has 0 spiro atoms.